The summed E-state index contributed by atoms with van der Waals surface area (Å²) in [5.41, 5.74) is 0. The number of aliphatic hydroxyl groups is 2. The van der Waals surface area contributed by atoms with Gasteiger partial charge in [0.1, 0.15) is 0 Å². The number of nitrogens with zero attached hydrogens (tertiary/aromatic N) is 1. The van der Waals surface area contributed by atoms with Gasteiger partial charge in [0.15, 0.2) is 5.78 Å². The van der Waals surface area contributed by atoms with Gasteiger partial charge in [-0.3, -0.25) is 9.69 Å². The summed E-state index contributed by atoms with van der Waals surface area (Å²) in [6.07, 6.45) is 0.262. The Hall–Kier alpha value is -0.490. The predicted octanol–water partition coefficient (Wildman–Crippen LogP) is 0.433. The van der Waals surface area contributed by atoms with Crippen molar-refractivity contribution in [3.05, 3.63) is 0 Å². The van der Waals surface area contributed by atoms with E-state index in [0.717, 1.165) is 13.1 Å². The van der Waals surface area contributed by atoms with E-state index in [9.17, 15) is 15.0 Å². The molecule has 1 saturated heterocycles. The highest BCUT2D eigenvalue weighted by Gasteiger charge is 2.39. The van der Waals surface area contributed by atoms with Crippen LogP contribution in [0.3, 0.4) is 0 Å². The Bertz CT molecular complexity index is 339. The van der Waals surface area contributed by atoms with Crippen LogP contribution in [0, 0.1) is 11.8 Å². The van der Waals surface area contributed by atoms with Crippen molar-refractivity contribution in [3.63, 3.8) is 0 Å². The number of hydrogen-bond acceptors (Lipinski definition) is 5. The number of aliphatic hydroxyl groups excluding tert-OH is 2. The summed E-state index contributed by atoms with van der Waals surface area (Å²) < 4.78 is 5.66. The Kier molecular flexibility index (Phi) is 5.18. The molecule has 0 bridgehead atoms. The molecule has 2 aliphatic rings. The number of ketones is 1. The molecule has 1 saturated carbocycles. The highest BCUT2D eigenvalue weighted by molar-refractivity contribution is 5.83. The van der Waals surface area contributed by atoms with Crippen molar-refractivity contribution in [3.8, 4) is 0 Å². The first-order valence-corrected chi connectivity index (χ1v) is 7.65. The first kappa shape index (κ1) is 15.9. The Morgan fingerprint density at radius 1 is 1.15 bits per heavy atom. The largest absolute Gasteiger partial charge is 0.393 e. The number of Topliss-reactive ketones (excluding diaryl/α,β-unsaturated/α-hetero) is 1. The van der Waals surface area contributed by atoms with E-state index in [0.29, 0.717) is 19.4 Å². The molecule has 5 nitrogen and oxygen atoms in total. The third kappa shape index (κ3) is 3.58. The van der Waals surface area contributed by atoms with Gasteiger partial charge in [0.05, 0.1) is 31.0 Å². The van der Waals surface area contributed by atoms with Crippen LogP contribution in [0.1, 0.15) is 33.6 Å². The van der Waals surface area contributed by atoms with E-state index >= 15 is 0 Å². The lowest BCUT2D eigenvalue weighted by molar-refractivity contribution is -0.137. The average Bonchev–Trinajstić information content (AvgIpc) is 2.34. The van der Waals surface area contributed by atoms with Gasteiger partial charge in [-0.25, -0.2) is 0 Å². The number of hydrogen-bond donors (Lipinski definition) is 2. The molecule has 6 atom stereocenters. The van der Waals surface area contributed by atoms with Crippen molar-refractivity contribution in [2.45, 2.75) is 58.0 Å². The second-order valence-corrected chi connectivity index (χ2v) is 6.52. The molecule has 0 amide bonds. The fourth-order valence-corrected chi connectivity index (χ4v) is 3.48. The van der Waals surface area contributed by atoms with Crippen molar-refractivity contribution in [1.82, 2.24) is 4.90 Å². The van der Waals surface area contributed by atoms with Crippen LogP contribution in [0.15, 0.2) is 0 Å². The third-order valence-corrected chi connectivity index (χ3v) is 4.62. The minimum Gasteiger partial charge on any atom is -0.393 e. The maximum Gasteiger partial charge on any atom is 0.152 e. The second-order valence-electron chi connectivity index (χ2n) is 6.52. The first-order valence-electron chi connectivity index (χ1n) is 7.65. The van der Waals surface area contributed by atoms with Crippen LogP contribution in [0.2, 0.25) is 0 Å². The minimum absolute atomic E-state index is 0.0950. The van der Waals surface area contributed by atoms with Gasteiger partial charge in [-0.05, 0) is 26.7 Å². The van der Waals surface area contributed by atoms with Gasteiger partial charge in [-0.15, -0.1) is 0 Å². The van der Waals surface area contributed by atoms with E-state index in [2.05, 4.69) is 4.90 Å². The van der Waals surface area contributed by atoms with E-state index in [-0.39, 0.29) is 29.8 Å². The van der Waals surface area contributed by atoms with E-state index in [1.165, 1.54) is 0 Å². The molecule has 20 heavy (non-hydrogen) atoms. The third-order valence-electron chi connectivity index (χ3n) is 4.62. The zero-order chi connectivity index (χ0) is 14.9. The molecule has 0 radical (unpaired) electrons. The lowest BCUT2D eigenvalue weighted by Crippen LogP contribution is -2.50. The summed E-state index contributed by atoms with van der Waals surface area (Å²) in [4.78, 5) is 14.5. The van der Waals surface area contributed by atoms with E-state index < -0.39 is 12.2 Å². The highest BCUT2D eigenvalue weighted by Crippen LogP contribution is 2.30. The average molecular weight is 285 g/mol. The normalized spacial score (nSPS) is 43.5. The molecule has 1 heterocycles. The zero-order valence-corrected chi connectivity index (χ0v) is 12.7. The lowest BCUT2D eigenvalue weighted by atomic mass is 9.76. The molecule has 1 aliphatic carbocycles. The summed E-state index contributed by atoms with van der Waals surface area (Å²) in [6.45, 7) is 7.74. The summed E-state index contributed by atoms with van der Waals surface area (Å²) >= 11 is 0. The summed E-state index contributed by atoms with van der Waals surface area (Å²) in [6, 6.07) is 0. The monoisotopic (exact) mass is 285 g/mol. The van der Waals surface area contributed by atoms with Crippen molar-refractivity contribution >= 4 is 5.78 Å². The molecule has 4 unspecified atom stereocenters. The van der Waals surface area contributed by atoms with Crippen molar-refractivity contribution in [2.75, 3.05) is 19.6 Å². The first-order chi connectivity index (χ1) is 9.38. The van der Waals surface area contributed by atoms with Crippen LogP contribution < -0.4 is 0 Å². The lowest BCUT2D eigenvalue weighted by Gasteiger charge is -2.38. The number of carbonyl (C=O) groups is 1. The fraction of sp³-hybridized carbons (Fsp3) is 0.933. The number of morpholine rings is 1. The van der Waals surface area contributed by atoms with Crippen molar-refractivity contribution in [2.24, 2.45) is 11.8 Å². The van der Waals surface area contributed by atoms with Crippen LogP contribution in [0.4, 0.5) is 0 Å². The molecule has 0 aromatic rings. The van der Waals surface area contributed by atoms with Gasteiger partial charge in [-0.2, -0.15) is 0 Å². The molecule has 2 N–H and O–H groups in total. The Balaban J connectivity index is 1.91. The van der Waals surface area contributed by atoms with Gasteiger partial charge >= 0.3 is 0 Å². The summed E-state index contributed by atoms with van der Waals surface area (Å²) in [5, 5.41) is 19.9. The number of carbonyl (C=O) groups excluding carboxylic acids is 1. The molecule has 2 rings (SSSR count). The van der Waals surface area contributed by atoms with Crippen LogP contribution in [-0.4, -0.2) is 64.9 Å². The van der Waals surface area contributed by atoms with Crippen LogP contribution >= 0.6 is 0 Å². The predicted molar refractivity (Wildman–Crippen MR) is 75.4 cm³/mol. The van der Waals surface area contributed by atoms with Crippen LogP contribution in [-0.2, 0) is 9.53 Å². The Morgan fingerprint density at radius 2 is 1.75 bits per heavy atom. The smallest absolute Gasteiger partial charge is 0.152 e. The van der Waals surface area contributed by atoms with Gasteiger partial charge in [0.2, 0.25) is 0 Å². The topological polar surface area (TPSA) is 70.0 Å². The quantitative estimate of drug-likeness (QED) is 0.787. The number of ether oxygens (including phenoxy) is 1. The van der Waals surface area contributed by atoms with E-state index in [1.807, 2.05) is 20.8 Å². The van der Waals surface area contributed by atoms with Crippen molar-refractivity contribution < 1.29 is 19.7 Å². The minimum atomic E-state index is -0.720. The fourth-order valence-electron chi connectivity index (χ4n) is 3.48. The van der Waals surface area contributed by atoms with Crippen LogP contribution in [0.5, 0.6) is 0 Å². The van der Waals surface area contributed by atoms with Gasteiger partial charge in [0.25, 0.3) is 0 Å². The zero-order valence-electron chi connectivity index (χ0n) is 12.7. The molecule has 0 aromatic heterocycles. The summed E-state index contributed by atoms with van der Waals surface area (Å²) in [7, 11) is 0. The second kappa shape index (κ2) is 6.52. The highest BCUT2D eigenvalue weighted by atomic mass is 16.5. The molecule has 1 aliphatic heterocycles. The number of rotatable bonds is 3. The molecule has 5 heteroatoms. The molecule has 116 valence electrons. The molecule has 0 aromatic carbocycles. The van der Waals surface area contributed by atoms with E-state index in [4.69, 9.17) is 4.74 Å². The molecule has 0 spiro atoms. The summed E-state index contributed by atoms with van der Waals surface area (Å²) in [5.74, 6) is -0.459. The SMILES string of the molecule is CC1C(O)CCC(C(=O)CN2C[C@H](C)O[C@@H](C)C2)C1O. The maximum atomic E-state index is 12.4. The Labute approximate surface area is 120 Å². The van der Waals surface area contributed by atoms with Gasteiger partial charge < -0.3 is 14.9 Å². The molecular formula is C15H27NO4. The van der Waals surface area contributed by atoms with Gasteiger partial charge in [0, 0.05) is 24.9 Å². The van der Waals surface area contributed by atoms with Gasteiger partial charge in [-0.1, -0.05) is 6.92 Å². The van der Waals surface area contributed by atoms with Crippen molar-refractivity contribution in [1.29, 1.82) is 0 Å². The molecule has 2 fully saturated rings. The maximum absolute atomic E-state index is 12.4. The van der Waals surface area contributed by atoms with Crippen LogP contribution in [0.25, 0.3) is 0 Å². The molecular weight excluding hydrogens is 258 g/mol. The standard InChI is InChI=1S/C15H27NO4/c1-9-6-16(7-10(2)20-9)8-14(18)12-4-5-13(17)11(3)15(12)19/h9-13,15,17,19H,4-8H2,1-3H3/t9-,10-,11?,12?,13?,15?/m0/s1. The Morgan fingerprint density at radius 3 is 2.35 bits per heavy atom. The van der Waals surface area contributed by atoms with E-state index in [1.54, 1.807) is 0 Å².